The normalized spacial score (nSPS) is 14.6. The van der Waals surface area contributed by atoms with Gasteiger partial charge in [-0.2, -0.15) is 0 Å². The lowest BCUT2D eigenvalue weighted by atomic mass is 9.89. The van der Waals surface area contributed by atoms with Crippen molar-refractivity contribution in [3.63, 3.8) is 0 Å². The summed E-state index contributed by atoms with van der Waals surface area (Å²) in [4.78, 5) is 33.1. The molecule has 0 atom stereocenters. The van der Waals surface area contributed by atoms with Crippen LogP contribution in [0, 0.1) is 5.82 Å². The molecule has 5 rings (SSSR count). The highest BCUT2D eigenvalue weighted by molar-refractivity contribution is 5.99. The number of piperidine rings is 1. The van der Waals surface area contributed by atoms with Gasteiger partial charge in [0.1, 0.15) is 5.82 Å². The van der Waals surface area contributed by atoms with E-state index >= 15 is 0 Å². The van der Waals surface area contributed by atoms with E-state index in [1.165, 1.54) is 30.2 Å². The van der Waals surface area contributed by atoms with Crippen LogP contribution in [-0.2, 0) is 11.3 Å². The third-order valence-corrected chi connectivity index (χ3v) is 7.89. The van der Waals surface area contributed by atoms with Crippen molar-refractivity contribution in [1.82, 2.24) is 19.4 Å². The highest BCUT2D eigenvalue weighted by Crippen LogP contribution is 2.36. The Morgan fingerprint density at radius 3 is 2.50 bits per heavy atom. The molecule has 7 nitrogen and oxygen atoms in total. The van der Waals surface area contributed by atoms with Gasteiger partial charge in [0.15, 0.2) is 0 Å². The Kier molecular flexibility index (Phi) is 7.98. The van der Waals surface area contributed by atoms with Gasteiger partial charge >= 0.3 is 0 Å². The van der Waals surface area contributed by atoms with Crippen LogP contribution in [0.2, 0.25) is 0 Å². The van der Waals surface area contributed by atoms with Crippen molar-refractivity contribution >= 4 is 28.4 Å². The van der Waals surface area contributed by atoms with E-state index in [2.05, 4.69) is 33.5 Å². The standard InChI is InChI=1S/C32H36FN5O2/c1-21(2)36(4)32(40)28-17-25(33)7-10-30(28)38-20-29(27-11-14-34-18-31(27)38)24-12-15-37(16-13-24)19-23-5-8-26(9-6-23)35-22(3)39/h5-11,14,17-18,20-21,24H,12-13,15-16,19H2,1-4H3,(H,35,39). The first-order valence-corrected chi connectivity index (χ1v) is 13.8. The largest absolute Gasteiger partial charge is 0.339 e. The molecule has 2 aromatic carbocycles. The molecule has 3 heterocycles. The molecule has 8 heteroatoms. The highest BCUT2D eigenvalue weighted by Gasteiger charge is 2.26. The Balaban J connectivity index is 1.38. The summed E-state index contributed by atoms with van der Waals surface area (Å²) in [6, 6.07) is 14.5. The fraction of sp³-hybridized carbons (Fsp3) is 0.344. The zero-order valence-electron chi connectivity index (χ0n) is 23.5. The summed E-state index contributed by atoms with van der Waals surface area (Å²) in [5.41, 5.74) is 5.16. The van der Waals surface area contributed by atoms with Gasteiger partial charge in [-0.15, -0.1) is 0 Å². The monoisotopic (exact) mass is 541 g/mol. The Morgan fingerprint density at radius 2 is 1.82 bits per heavy atom. The molecule has 0 radical (unpaired) electrons. The molecule has 0 unspecified atom stereocenters. The number of hydrogen-bond donors (Lipinski definition) is 1. The number of nitrogens with zero attached hydrogens (tertiary/aromatic N) is 4. The van der Waals surface area contributed by atoms with Crippen LogP contribution in [-0.4, -0.2) is 57.3 Å². The van der Waals surface area contributed by atoms with Crippen LogP contribution in [0.4, 0.5) is 10.1 Å². The number of hydrogen-bond acceptors (Lipinski definition) is 4. The molecule has 1 saturated heterocycles. The second-order valence-electron chi connectivity index (χ2n) is 10.9. The van der Waals surface area contributed by atoms with Crippen molar-refractivity contribution in [1.29, 1.82) is 0 Å². The average Bonchev–Trinajstić information content (AvgIpc) is 3.33. The number of likely N-dealkylation sites (tertiary alicyclic amines) is 1. The number of carbonyl (C=O) groups excluding carboxylic acids is 2. The number of aromatic nitrogens is 2. The Bertz CT molecular complexity index is 1520. The molecule has 1 N–H and O–H groups in total. The lowest BCUT2D eigenvalue weighted by Crippen LogP contribution is -2.33. The van der Waals surface area contributed by atoms with Gasteiger partial charge in [-0.25, -0.2) is 4.39 Å². The number of nitrogens with one attached hydrogen (secondary N) is 1. The molecule has 40 heavy (non-hydrogen) atoms. The number of pyridine rings is 1. The Morgan fingerprint density at radius 1 is 1.10 bits per heavy atom. The number of amides is 2. The molecule has 1 aliphatic heterocycles. The summed E-state index contributed by atoms with van der Waals surface area (Å²) >= 11 is 0. The minimum atomic E-state index is -0.434. The first-order valence-electron chi connectivity index (χ1n) is 13.8. The fourth-order valence-electron chi connectivity index (χ4n) is 5.50. The molecule has 208 valence electrons. The molecule has 2 aromatic heterocycles. The molecular weight excluding hydrogens is 505 g/mol. The summed E-state index contributed by atoms with van der Waals surface area (Å²) in [5.74, 6) is -0.356. The maximum absolute atomic E-state index is 14.3. The zero-order valence-corrected chi connectivity index (χ0v) is 23.5. The number of rotatable bonds is 7. The van der Waals surface area contributed by atoms with E-state index in [0.717, 1.165) is 49.1 Å². The smallest absolute Gasteiger partial charge is 0.256 e. The predicted octanol–water partition coefficient (Wildman–Crippen LogP) is 5.98. The lowest BCUT2D eigenvalue weighted by Gasteiger charge is -2.32. The third-order valence-electron chi connectivity index (χ3n) is 7.89. The molecule has 0 aliphatic carbocycles. The number of halogens is 1. The highest BCUT2D eigenvalue weighted by atomic mass is 19.1. The Hall–Kier alpha value is -4.04. The molecular formula is C32H36FN5O2. The van der Waals surface area contributed by atoms with E-state index in [9.17, 15) is 14.0 Å². The van der Waals surface area contributed by atoms with Crippen molar-refractivity contribution in [2.24, 2.45) is 0 Å². The predicted molar refractivity (Wildman–Crippen MR) is 156 cm³/mol. The first-order chi connectivity index (χ1) is 19.2. The summed E-state index contributed by atoms with van der Waals surface area (Å²) in [5, 5.41) is 3.92. The van der Waals surface area contributed by atoms with Crippen molar-refractivity contribution in [3.8, 4) is 5.69 Å². The van der Waals surface area contributed by atoms with E-state index < -0.39 is 5.82 Å². The van der Waals surface area contributed by atoms with E-state index in [-0.39, 0.29) is 17.9 Å². The number of carbonyl (C=O) groups is 2. The van der Waals surface area contributed by atoms with Crippen LogP contribution in [0.5, 0.6) is 0 Å². The van der Waals surface area contributed by atoms with Gasteiger partial charge in [0.25, 0.3) is 5.91 Å². The minimum Gasteiger partial charge on any atom is -0.339 e. The number of benzene rings is 2. The summed E-state index contributed by atoms with van der Waals surface area (Å²) in [7, 11) is 1.74. The topological polar surface area (TPSA) is 70.5 Å². The van der Waals surface area contributed by atoms with Crippen LogP contribution in [0.15, 0.2) is 67.1 Å². The molecule has 0 spiro atoms. The lowest BCUT2D eigenvalue weighted by molar-refractivity contribution is -0.114. The zero-order chi connectivity index (χ0) is 28.4. The summed E-state index contributed by atoms with van der Waals surface area (Å²) in [6.45, 7) is 8.19. The van der Waals surface area contributed by atoms with Crippen LogP contribution in [0.1, 0.15) is 61.0 Å². The molecule has 0 saturated carbocycles. The van der Waals surface area contributed by atoms with Gasteiger partial charge in [0.05, 0.1) is 23.0 Å². The summed E-state index contributed by atoms with van der Waals surface area (Å²) in [6.07, 6.45) is 7.77. The van der Waals surface area contributed by atoms with Crippen LogP contribution >= 0.6 is 0 Å². The quantitative estimate of drug-likeness (QED) is 0.312. The van der Waals surface area contributed by atoms with Crippen LogP contribution < -0.4 is 5.32 Å². The first kappa shape index (κ1) is 27.5. The van der Waals surface area contributed by atoms with Gasteiger partial charge in [-0.1, -0.05) is 12.1 Å². The molecule has 4 aromatic rings. The maximum atomic E-state index is 14.3. The van der Waals surface area contributed by atoms with E-state index in [4.69, 9.17) is 0 Å². The van der Waals surface area contributed by atoms with Crippen LogP contribution in [0.25, 0.3) is 16.6 Å². The fourth-order valence-corrected chi connectivity index (χ4v) is 5.50. The van der Waals surface area contributed by atoms with Gasteiger partial charge in [0.2, 0.25) is 5.91 Å². The van der Waals surface area contributed by atoms with Gasteiger partial charge in [-0.05, 0) is 93.2 Å². The van der Waals surface area contributed by atoms with Crippen molar-refractivity contribution < 1.29 is 14.0 Å². The second kappa shape index (κ2) is 11.6. The van der Waals surface area contributed by atoms with E-state index in [0.29, 0.717) is 17.2 Å². The Labute approximate surface area is 234 Å². The third kappa shape index (κ3) is 5.77. The van der Waals surface area contributed by atoms with Gasteiger partial charge < -0.3 is 14.8 Å². The molecule has 0 bridgehead atoms. The van der Waals surface area contributed by atoms with Gasteiger partial charge in [-0.3, -0.25) is 19.5 Å². The maximum Gasteiger partial charge on any atom is 0.256 e. The molecule has 1 aliphatic rings. The summed E-state index contributed by atoms with van der Waals surface area (Å²) < 4.78 is 16.3. The van der Waals surface area contributed by atoms with Crippen LogP contribution in [0.3, 0.4) is 0 Å². The molecule has 1 fully saturated rings. The van der Waals surface area contributed by atoms with E-state index in [1.807, 2.05) is 42.8 Å². The van der Waals surface area contributed by atoms with Crippen molar-refractivity contribution in [2.75, 3.05) is 25.5 Å². The number of anilines is 1. The van der Waals surface area contributed by atoms with E-state index in [1.54, 1.807) is 24.2 Å². The average molecular weight is 542 g/mol. The minimum absolute atomic E-state index is 0.0115. The van der Waals surface area contributed by atoms with Crippen molar-refractivity contribution in [3.05, 3.63) is 89.6 Å². The molecule has 2 amide bonds. The SMILES string of the molecule is CC(=O)Nc1ccc(CN2CCC(c3cn(-c4ccc(F)cc4C(=O)N(C)C(C)C)c4cnccc34)CC2)cc1. The second-order valence-corrected chi connectivity index (χ2v) is 10.9. The van der Waals surface area contributed by atoms with Gasteiger partial charge in [0, 0.05) is 50.0 Å². The number of fused-ring (bicyclic) bond motifs is 1. The van der Waals surface area contributed by atoms with Crippen molar-refractivity contribution in [2.45, 2.75) is 52.1 Å².